The number of benzene rings is 1. The predicted molar refractivity (Wildman–Crippen MR) is 75.2 cm³/mol. The molecule has 2 N–H and O–H groups in total. The molecule has 1 saturated carbocycles. The molecule has 0 amide bonds. The normalized spacial score (nSPS) is 28.4. The predicted octanol–water partition coefficient (Wildman–Crippen LogP) is 3.60. The second kappa shape index (κ2) is 4.36. The van der Waals surface area contributed by atoms with E-state index in [-0.39, 0.29) is 5.54 Å². The second-order valence-corrected chi connectivity index (χ2v) is 5.74. The van der Waals surface area contributed by atoms with Crippen molar-refractivity contribution in [3.8, 4) is 0 Å². The van der Waals surface area contributed by atoms with Gasteiger partial charge in [-0.15, -0.1) is 0 Å². The summed E-state index contributed by atoms with van der Waals surface area (Å²) < 4.78 is 0. The van der Waals surface area contributed by atoms with Crippen LogP contribution in [0.1, 0.15) is 38.2 Å². The van der Waals surface area contributed by atoms with E-state index in [1.54, 1.807) is 0 Å². The third kappa shape index (κ3) is 1.91. The molecule has 2 heteroatoms. The molecule has 0 atom stereocenters. The van der Waals surface area contributed by atoms with Gasteiger partial charge in [0.1, 0.15) is 0 Å². The van der Waals surface area contributed by atoms with Gasteiger partial charge < -0.3 is 5.73 Å². The van der Waals surface area contributed by atoms with E-state index in [1.165, 1.54) is 29.2 Å². The Hall–Kier alpha value is -1.41. The second-order valence-electron chi connectivity index (χ2n) is 5.74. The lowest BCUT2D eigenvalue weighted by molar-refractivity contribution is 0.249. The van der Waals surface area contributed by atoms with Gasteiger partial charge in [-0.2, -0.15) is 0 Å². The number of nitrogens with zero attached hydrogens (tertiary/aromatic N) is 1. The Morgan fingerprint density at radius 3 is 2.78 bits per heavy atom. The van der Waals surface area contributed by atoms with Crippen LogP contribution in [0.5, 0.6) is 0 Å². The molecule has 3 rings (SSSR count). The summed E-state index contributed by atoms with van der Waals surface area (Å²) in [5.41, 5.74) is 7.80. The average Bonchev–Trinajstić information content (AvgIpc) is 2.42. The van der Waals surface area contributed by atoms with Gasteiger partial charge in [-0.05, 0) is 48.6 Å². The average molecular weight is 240 g/mol. The lowest BCUT2D eigenvalue weighted by atomic mass is 9.73. The topological polar surface area (TPSA) is 38.9 Å². The van der Waals surface area contributed by atoms with Crippen LogP contribution in [0.2, 0.25) is 0 Å². The maximum Gasteiger partial charge on any atom is 0.0416 e. The number of pyridine rings is 1. The molecule has 94 valence electrons. The van der Waals surface area contributed by atoms with E-state index >= 15 is 0 Å². The maximum atomic E-state index is 6.68. The standard InChI is InChI=1S/C16H20N2/c1-12-5-8-16(17,9-6-12)15-4-2-3-13-7-10-18-11-14(13)15/h2-4,7,10-12H,5-6,8-9,17H2,1H3. The van der Waals surface area contributed by atoms with E-state index < -0.39 is 0 Å². The van der Waals surface area contributed by atoms with Crippen LogP contribution < -0.4 is 5.73 Å². The third-order valence-corrected chi connectivity index (χ3v) is 4.39. The Morgan fingerprint density at radius 1 is 1.22 bits per heavy atom. The summed E-state index contributed by atoms with van der Waals surface area (Å²) in [6.07, 6.45) is 8.43. The summed E-state index contributed by atoms with van der Waals surface area (Å²) in [4.78, 5) is 4.26. The van der Waals surface area contributed by atoms with Gasteiger partial charge in [-0.3, -0.25) is 4.98 Å². The number of hydrogen-bond donors (Lipinski definition) is 1. The van der Waals surface area contributed by atoms with Gasteiger partial charge in [-0.1, -0.05) is 25.1 Å². The molecule has 0 radical (unpaired) electrons. The van der Waals surface area contributed by atoms with Gasteiger partial charge in [0, 0.05) is 23.3 Å². The first-order valence-electron chi connectivity index (χ1n) is 6.81. The minimum absolute atomic E-state index is 0.158. The molecule has 0 spiro atoms. The van der Waals surface area contributed by atoms with E-state index in [9.17, 15) is 0 Å². The van der Waals surface area contributed by atoms with Gasteiger partial charge in [0.25, 0.3) is 0 Å². The van der Waals surface area contributed by atoms with Crippen LogP contribution in [0.15, 0.2) is 36.7 Å². The highest BCUT2D eigenvalue weighted by atomic mass is 14.8. The van der Waals surface area contributed by atoms with Crippen LogP contribution >= 0.6 is 0 Å². The van der Waals surface area contributed by atoms with Crippen molar-refractivity contribution < 1.29 is 0 Å². The zero-order valence-corrected chi connectivity index (χ0v) is 10.9. The SMILES string of the molecule is CC1CCC(N)(c2cccc3ccncc23)CC1. The Kier molecular flexibility index (Phi) is 2.83. The zero-order chi connectivity index (χ0) is 12.6. The summed E-state index contributed by atoms with van der Waals surface area (Å²) in [6.45, 7) is 2.32. The molecule has 2 aromatic rings. The number of rotatable bonds is 1. The van der Waals surface area contributed by atoms with Crippen molar-refractivity contribution in [2.75, 3.05) is 0 Å². The minimum Gasteiger partial charge on any atom is -0.321 e. The van der Waals surface area contributed by atoms with Crippen molar-refractivity contribution in [3.63, 3.8) is 0 Å². The van der Waals surface area contributed by atoms with Crippen molar-refractivity contribution in [3.05, 3.63) is 42.2 Å². The molecular weight excluding hydrogens is 220 g/mol. The van der Waals surface area contributed by atoms with Crippen molar-refractivity contribution in [2.45, 2.75) is 38.1 Å². The quantitative estimate of drug-likeness (QED) is 0.827. The largest absolute Gasteiger partial charge is 0.321 e. The molecule has 1 heterocycles. The zero-order valence-electron chi connectivity index (χ0n) is 10.9. The van der Waals surface area contributed by atoms with E-state index in [0.717, 1.165) is 18.8 Å². The summed E-state index contributed by atoms with van der Waals surface area (Å²) >= 11 is 0. The molecule has 18 heavy (non-hydrogen) atoms. The minimum atomic E-state index is -0.158. The molecular formula is C16H20N2. The molecule has 0 aliphatic heterocycles. The van der Waals surface area contributed by atoms with Crippen molar-refractivity contribution in [2.24, 2.45) is 11.7 Å². The van der Waals surface area contributed by atoms with Crippen LogP contribution in [-0.4, -0.2) is 4.98 Å². The highest BCUT2D eigenvalue weighted by Gasteiger charge is 2.32. The highest BCUT2D eigenvalue weighted by Crippen LogP contribution is 2.39. The molecule has 1 aliphatic rings. The van der Waals surface area contributed by atoms with E-state index in [1.807, 2.05) is 12.4 Å². The number of hydrogen-bond acceptors (Lipinski definition) is 2. The van der Waals surface area contributed by atoms with Crippen LogP contribution in [0.4, 0.5) is 0 Å². The lowest BCUT2D eigenvalue weighted by Crippen LogP contribution is -2.40. The lowest BCUT2D eigenvalue weighted by Gasteiger charge is -2.37. The first-order valence-corrected chi connectivity index (χ1v) is 6.81. The molecule has 2 nitrogen and oxygen atoms in total. The first kappa shape index (κ1) is 11.7. The van der Waals surface area contributed by atoms with E-state index in [2.05, 4.69) is 36.2 Å². The summed E-state index contributed by atoms with van der Waals surface area (Å²) in [7, 11) is 0. The molecule has 0 saturated heterocycles. The summed E-state index contributed by atoms with van der Waals surface area (Å²) in [5, 5.41) is 2.46. The molecule has 0 unspecified atom stereocenters. The molecule has 1 aromatic heterocycles. The van der Waals surface area contributed by atoms with Crippen molar-refractivity contribution >= 4 is 10.8 Å². The number of aromatic nitrogens is 1. The van der Waals surface area contributed by atoms with Gasteiger partial charge in [0.2, 0.25) is 0 Å². The Labute approximate surface area is 108 Å². The van der Waals surface area contributed by atoms with Crippen LogP contribution in [0.25, 0.3) is 10.8 Å². The van der Waals surface area contributed by atoms with Crippen LogP contribution in [0.3, 0.4) is 0 Å². The number of nitrogens with two attached hydrogens (primary N) is 1. The Balaban J connectivity index is 2.08. The maximum absolute atomic E-state index is 6.68. The van der Waals surface area contributed by atoms with Crippen LogP contribution in [0, 0.1) is 5.92 Å². The molecule has 1 fully saturated rings. The monoisotopic (exact) mass is 240 g/mol. The van der Waals surface area contributed by atoms with E-state index in [0.29, 0.717) is 0 Å². The molecule has 0 bridgehead atoms. The van der Waals surface area contributed by atoms with E-state index in [4.69, 9.17) is 5.73 Å². The van der Waals surface area contributed by atoms with Gasteiger partial charge in [0.15, 0.2) is 0 Å². The smallest absolute Gasteiger partial charge is 0.0416 e. The fourth-order valence-corrected chi connectivity index (χ4v) is 3.09. The summed E-state index contributed by atoms with van der Waals surface area (Å²) in [6, 6.07) is 8.49. The third-order valence-electron chi connectivity index (χ3n) is 4.39. The molecule has 1 aromatic carbocycles. The van der Waals surface area contributed by atoms with Crippen molar-refractivity contribution in [1.29, 1.82) is 0 Å². The first-order chi connectivity index (χ1) is 8.69. The Morgan fingerprint density at radius 2 is 2.00 bits per heavy atom. The summed E-state index contributed by atoms with van der Waals surface area (Å²) in [5.74, 6) is 0.815. The fourth-order valence-electron chi connectivity index (χ4n) is 3.09. The Bertz CT molecular complexity index is 549. The molecule has 1 aliphatic carbocycles. The van der Waals surface area contributed by atoms with Gasteiger partial charge in [-0.25, -0.2) is 0 Å². The highest BCUT2D eigenvalue weighted by molar-refractivity contribution is 5.85. The number of fused-ring (bicyclic) bond motifs is 1. The van der Waals surface area contributed by atoms with Gasteiger partial charge >= 0.3 is 0 Å². The van der Waals surface area contributed by atoms with Crippen LogP contribution in [-0.2, 0) is 5.54 Å². The fraction of sp³-hybridized carbons (Fsp3) is 0.438. The van der Waals surface area contributed by atoms with Gasteiger partial charge in [0.05, 0.1) is 0 Å². The van der Waals surface area contributed by atoms with Crippen molar-refractivity contribution in [1.82, 2.24) is 4.98 Å².